The highest BCUT2D eigenvalue weighted by Gasteiger charge is 2.28. The standard InChI is InChI=1S/C24H28N2O3S/c1-3-4-9-18(13-22(27)28)26-20-11-6-5-10-19(20)25(24(26)29)14-17-15-30-21-12-7-8-16(2)23(17)21/h5-8,10-12,17-18H,3-4,9,13-15H2,1-2H3,(H,27,28). The molecule has 6 heteroatoms. The lowest BCUT2D eigenvalue weighted by Crippen LogP contribution is -2.30. The molecule has 1 aromatic heterocycles. The van der Waals surface area contributed by atoms with E-state index in [-0.39, 0.29) is 24.1 Å². The number of imidazole rings is 1. The van der Waals surface area contributed by atoms with Gasteiger partial charge in [-0.1, -0.05) is 44.0 Å². The molecular weight excluding hydrogens is 396 g/mol. The summed E-state index contributed by atoms with van der Waals surface area (Å²) in [5.74, 6) is 0.369. The molecule has 0 amide bonds. The molecule has 4 rings (SSSR count). The SMILES string of the molecule is CCCCC(CC(=O)O)n1c(=O)n(CC2CSc3cccc(C)c32)c2ccccc21. The van der Waals surface area contributed by atoms with Gasteiger partial charge in [0.25, 0.3) is 0 Å². The Labute approximate surface area is 180 Å². The normalized spacial score (nSPS) is 16.7. The molecule has 5 nitrogen and oxygen atoms in total. The van der Waals surface area contributed by atoms with Gasteiger partial charge >= 0.3 is 11.7 Å². The minimum Gasteiger partial charge on any atom is -0.481 e. The minimum absolute atomic E-state index is 0.0326. The summed E-state index contributed by atoms with van der Waals surface area (Å²) in [5.41, 5.74) is 4.25. The first-order valence-corrected chi connectivity index (χ1v) is 11.6. The van der Waals surface area contributed by atoms with Gasteiger partial charge in [-0.25, -0.2) is 4.79 Å². The second-order valence-corrected chi connectivity index (χ2v) is 9.20. The van der Waals surface area contributed by atoms with Crippen LogP contribution in [-0.2, 0) is 11.3 Å². The topological polar surface area (TPSA) is 64.2 Å². The van der Waals surface area contributed by atoms with E-state index >= 15 is 0 Å². The molecule has 2 heterocycles. The number of aliphatic carboxylic acids is 1. The number of para-hydroxylation sites is 2. The van der Waals surface area contributed by atoms with E-state index in [1.54, 1.807) is 4.57 Å². The molecule has 30 heavy (non-hydrogen) atoms. The van der Waals surface area contributed by atoms with Crippen LogP contribution in [0.2, 0.25) is 0 Å². The molecule has 3 aromatic rings. The zero-order chi connectivity index (χ0) is 21.3. The molecule has 2 unspecified atom stereocenters. The molecule has 0 fully saturated rings. The predicted octanol–water partition coefficient (Wildman–Crippen LogP) is 5.21. The van der Waals surface area contributed by atoms with Crippen LogP contribution in [0.4, 0.5) is 0 Å². The summed E-state index contributed by atoms with van der Waals surface area (Å²) in [5, 5.41) is 9.46. The summed E-state index contributed by atoms with van der Waals surface area (Å²) in [4.78, 5) is 26.4. The number of rotatable bonds is 8. The van der Waals surface area contributed by atoms with E-state index in [2.05, 4.69) is 32.0 Å². The number of carboxylic acid groups (broad SMARTS) is 1. The third-order valence-corrected chi connectivity index (χ3v) is 7.31. The maximum absolute atomic E-state index is 13.6. The van der Waals surface area contributed by atoms with Gasteiger partial charge in [0.2, 0.25) is 0 Å². The second kappa shape index (κ2) is 8.72. The Morgan fingerprint density at radius 2 is 1.97 bits per heavy atom. The van der Waals surface area contributed by atoms with Crippen LogP contribution in [0.1, 0.15) is 55.7 Å². The van der Waals surface area contributed by atoms with Gasteiger partial charge in [-0.15, -0.1) is 11.8 Å². The highest BCUT2D eigenvalue weighted by atomic mass is 32.2. The van der Waals surface area contributed by atoms with Crippen LogP contribution in [0, 0.1) is 6.92 Å². The van der Waals surface area contributed by atoms with E-state index in [4.69, 9.17) is 0 Å². The van der Waals surface area contributed by atoms with Crippen molar-refractivity contribution in [1.29, 1.82) is 0 Å². The van der Waals surface area contributed by atoms with Crippen molar-refractivity contribution in [2.75, 3.05) is 5.75 Å². The molecule has 1 aliphatic heterocycles. The summed E-state index contributed by atoms with van der Waals surface area (Å²) < 4.78 is 3.60. The van der Waals surface area contributed by atoms with Gasteiger partial charge in [0.1, 0.15) is 0 Å². The van der Waals surface area contributed by atoms with Gasteiger partial charge in [0.05, 0.1) is 17.5 Å². The van der Waals surface area contributed by atoms with E-state index in [1.165, 1.54) is 16.0 Å². The number of aromatic nitrogens is 2. The zero-order valence-electron chi connectivity index (χ0n) is 17.5. The average molecular weight is 425 g/mol. The Morgan fingerprint density at radius 3 is 2.70 bits per heavy atom. The van der Waals surface area contributed by atoms with E-state index in [1.807, 2.05) is 40.6 Å². The Hall–Kier alpha value is -2.47. The quantitative estimate of drug-likeness (QED) is 0.539. The molecule has 0 saturated carbocycles. The maximum atomic E-state index is 13.6. The van der Waals surface area contributed by atoms with Gasteiger partial charge in [0, 0.05) is 29.2 Å². The fourth-order valence-corrected chi connectivity index (χ4v) is 5.98. The van der Waals surface area contributed by atoms with E-state index < -0.39 is 5.97 Å². The first-order valence-electron chi connectivity index (χ1n) is 10.6. The number of carboxylic acids is 1. The molecule has 0 spiro atoms. The van der Waals surface area contributed by atoms with Gasteiger partial charge in [-0.05, 0) is 42.7 Å². The first-order chi connectivity index (χ1) is 14.5. The molecule has 1 aliphatic rings. The lowest BCUT2D eigenvalue weighted by molar-refractivity contribution is -0.137. The number of hydrogen-bond donors (Lipinski definition) is 1. The number of aryl methyl sites for hydroxylation is 1. The van der Waals surface area contributed by atoms with Crippen LogP contribution in [0.5, 0.6) is 0 Å². The third kappa shape index (κ3) is 3.81. The Kier molecular flexibility index (Phi) is 6.04. The van der Waals surface area contributed by atoms with Gasteiger partial charge in [0.15, 0.2) is 0 Å². The summed E-state index contributed by atoms with van der Waals surface area (Å²) in [6.45, 7) is 4.84. The van der Waals surface area contributed by atoms with Crippen molar-refractivity contribution >= 4 is 28.8 Å². The van der Waals surface area contributed by atoms with E-state index in [9.17, 15) is 14.7 Å². The molecule has 2 atom stereocenters. The Balaban J connectivity index is 1.78. The van der Waals surface area contributed by atoms with E-state index in [0.717, 1.165) is 29.6 Å². The molecule has 0 aliphatic carbocycles. The molecule has 158 valence electrons. The molecule has 0 radical (unpaired) electrons. The fraction of sp³-hybridized carbons (Fsp3) is 0.417. The lowest BCUT2D eigenvalue weighted by atomic mass is 9.96. The van der Waals surface area contributed by atoms with E-state index in [0.29, 0.717) is 13.0 Å². The summed E-state index contributed by atoms with van der Waals surface area (Å²) >= 11 is 1.85. The van der Waals surface area contributed by atoms with Crippen molar-refractivity contribution in [3.8, 4) is 0 Å². The number of unbranched alkanes of at least 4 members (excludes halogenated alkanes) is 1. The third-order valence-electron chi connectivity index (χ3n) is 6.07. The number of benzene rings is 2. The van der Waals surface area contributed by atoms with Gasteiger partial charge in [-0.2, -0.15) is 0 Å². The second-order valence-electron chi connectivity index (χ2n) is 8.14. The van der Waals surface area contributed by atoms with Crippen molar-refractivity contribution in [1.82, 2.24) is 9.13 Å². The van der Waals surface area contributed by atoms with Crippen LogP contribution < -0.4 is 5.69 Å². The van der Waals surface area contributed by atoms with Gasteiger partial charge in [-0.3, -0.25) is 13.9 Å². The Morgan fingerprint density at radius 1 is 1.20 bits per heavy atom. The minimum atomic E-state index is -0.864. The molecule has 0 saturated heterocycles. The van der Waals surface area contributed by atoms with Crippen molar-refractivity contribution in [3.05, 3.63) is 64.1 Å². The average Bonchev–Trinajstić information content (AvgIpc) is 3.26. The summed E-state index contributed by atoms with van der Waals surface area (Å²) in [6, 6.07) is 13.8. The van der Waals surface area contributed by atoms with Crippen molar-refractivity contribution in [2.24, 2.45) is 0 Å². The lowest BCUT2D eigenvalue weighted by Gasteiger charge is -2.17. The summed E-state index contributed by atoms with van der Waals surface area (Å²) in [6.07, 6.45) is 2.53. The maximum Gasteiger partial charge on any atom is 0.329 e. The number of nitrogens with zero attached hydrogens (tertiary/aromatic N) is 2. The number of thioether (sulfide) groups is 1. The Bertz CT molecular complexity index is 1130. The highest BCUT2D eigenvalue weighted by Crippen LogP contribution is 2.42. The van der Waals surface area contributed by atoms with Gasteiger partial charge < -0.3 is 5.11 Å². The molecule has 1 N–H and O–H groups in total. The molecule has 2 aromatic carbocycles. The van der Waals surface area contributed by atoms with Crippen LogP contribution >= 0.6 is 11.8 Å². The van der Waals surface area contributed by atoms with Crippen molar-refractivity contribution < 1.29 is 9.90 Å². The van der Waals surface area contributed by atoms with Crippen molar-refractivity contribution in [3.63, 3.8) is 0 Å². The highest BCUT2D eigenvalue weighted by molar-refractivity contribution is 7.99. The van der Waals surface area contributed by atoms with Crippen LogP contribution in [0.25, 0.3) is 11.0 Å². The van der Waals surface area contributed by atoms with Crippen molar-refractivity contribution in [2.45, 2.75) is 62.9 Å². The number of fused-ring (bicyclic) bond motifs is 2. The predicted molar refractivity (Wildman–Crippen MR) is 122 cm³/mol. The smallest absolute Gasteiger partial charge is 0.329 e. The largest absolute Gasteiger partial charge is 0.481 e. The first kappa shape index (κ1) is 20.8. The number of carbonyl (C=O) groups is 1. The molecule has 0 bridgehead atoms. The fourth-order valence-electron chi connectivity index (χ4n) is 4.67. The zero-order valence-corrected chi connectivity index (χ0v) is 18.3. The van der Waals surface area contributed by atoms with Crippen LogP contribution in [0.15, 0.2) is 52.2 Å². The number of hydrogen-bond acceptors (Lipinski definition) is 3. The molecular formula is C24H28N2O3S. The summed E-state index contributed by atoms with van der Waals surface area (Å²) in [7, 11) is 0. The van der Waals surface area contributed by atoms with Crippen LogP contribution in [-0.4, -0.2) is 26.0 Å². The van der Waals surface area contributed by atoms with Crippen LogP contribution in [0.3, 0.4) is 0 Å². The monoisotopic (exact) mass is 424 g/mol.